The summed E-state index contributed by atoms with van der Waals surface area (Å²) in [5, 5.41) is 5.09. The van der Waals surface area contributed by atoms with Gasteiger partial charge < -0.3 is 0 Å². The molecule has 0 bridgehead atoms. The van der Waals surface area contributed by atoms with Gasteiger partial charge in [-0.15, -0.1) is 0 Å². The lowest BCUT2D eigenvalue weighted by Crippen LogP contribution is -2.04. The van der Waals surface area contributed by atoms with Gasteiger partial charge in [0.05, 0.1) is 0 Å². The predicted octanol–water partition coefficient (Wildman–Crippen LogP) is 1.65. The number of aromatic nitrogens is 7. The van der Waals surface area contributed by atoms with E-state index < -0.39 is 0 Å². The minimum Gasteiger partial charge on any atom is -0.231 e. The Bertz CT molecular complexity index is 674. The van der Waals surface area contributed by atoms with Crippen molar-refractivity contribution in [2.24, 2.45) is 0 Å². The first-order valence-corrected chi connectivity index (χ1v) is 6.37. The first-order valence-electron chi connectivity index (χ1n) is 5.18. The van der Waals surface area contributed by atoms with Gasteiger partial charge in [-0.1, -0.05) is 0 Å². The van der Waals surface area contributed by atoms with E-state index in [1.807, 2.05) is 0 Å². The van der Waals surface area contributed by atoms with E-state index in [-0.39, 0.29) is 5.28 Å². The van der Waals surface area contributed by atoms with Crippen LogP contribution in [0.3, 0.4) is 0 Å². The fourth-order valence-electron chi connectivity index (χ4n) is 1.28. The Labute approximate surface area is 117 Å². The summed E-state index contributed by atoms with van der Waals surface area (Å²) in [6.45, 7) is 0. The zero-order chi connectivity index (χ0) is 13.1. The molecule has 7 nitrogen and oxygen atoms in total. The lowest BCUT2D eigenvalue weighted by molar-refractivity contribution is 0.757. The van der Waals surface area contributed by atoms with E-state index in [0.717, 1.165) is 0 Å². The molecule has 3 rings (SSSR count). The molecule has 94 valence electrons. The third kappa shape index (κ3) is 2.85. The van der Waals surface area contributed by atoms with Gasteiger partial charge in [0.25, 0.3) is 5.95 Å². The number of nitrogens with zero attached hydrogens (tertiary/aromatic N) is 7. The van der Waals surface area contributed by atoms with Crippen LogP contribution < -0.4 is 0 Å². The minimum atomic E-state index is 0.0962. The molecule has 0 atom stereocenters. The zero-order valence-corrected chi connectivity index (χ0v) is 11.0. The van der Waals surface area contributed by atoms with Crippen molar-refractivity contribution in [3.63, 3.8) is 0 Å². The van der Waals surface area contributed by atoms with Crippen LogP contribution in [-0.4, -0.2) is 34.7 Å². The van der Waals surface area contributed by atoms with E-state index in [0.29, 0.717) is 16.3 Å². The van der Waals surface area contributed by atoms with Gasteiger partial charge in [-0.3, -0.25) is 0 Å². The van der Waals surface area contributed by atoms with E-state index in [1.165, 1.54) is 16.4 Å². The van der Waals surface area contributed by atoms with Crippen LogP contribution in [-0.2, 0) is 0 Å². The Balaban J connectivity index is 1.94. The van der Waals surface area contributed by atoms with Gasteiger partial charge in [0.1, 0.15) is 0 Å². The fraction of sp³-hybridized carbons (Fsp3) is 0. The predicted molar refractivity (Wildman–Crippen MR) is 68.1 cm³/mol. The van der Waals surface area contributed by atoms with Gasteiger partial charge >= 0.3 is 0 Å². The van der Waals surface area contributed by atoms with Crippen LogP contribution in [0.15, 0.2) is 47.2 Å². The lowest BCUT2D eigenvalue weighted by Gasteiger charge is -2.02. The molecule has 0 fully saturated rings. The summed E-state index contributed by atoms with van der Waals surface area (Å²) in [5.41, 5.74) is 0. The van der Waals surface area contributed by atoms with Crippen molar-refractivity contribution in [2.45, 2.75) is 10.3 Å². The molecular formula is C10H6ClN7S. The van der Waals surface area contributed by atoms with E-state index in [4.69, 9.17) is 11.6 Å². The molecule has 0 aliphatic carbocycles. The topological polar surface area (TPSA) is 82.3 Å². The van der Waals surface area contributed by atoms with Gasteiger partial charge in [0, 0.05) is 24.8 Å². The molecule has 0 radical (unpaired) electrons. The Morgan fingerprint density at radius 3 is 2.53 bits per heavy atom. The van der Waals surface area contributed by atoms with Crippen molar-refractivity contribution in [1.82, 2.24) is 34.7 Å². The second kappa shape index (κ2) is 5.29. The molecule has 0 aliphatic rings. The average Bonchev–Trinajstić information content (AvgIpc) is 2.93. The molecule has 0 unspecified atom stereocenters. The summed E-state index contributed by atoms with van der Waals surface area (Å²) < 4.78 is 1.50. The molecule has 0 aromatic carbocycles. The van der Waals surface area contributed by atoms with Crippen LogP contribution in [0.2, 0.25) is 5.28 Å². The molecule has 3 aromatic heterocycles. The highest BCUT2D eigenvalue weighted by atomic mass is 35.5. The van der Waals surface area contributed by atoms with Crippen molar-refractivity contribution in [3.8, 4) is 5.95 Å². The molecule has 0 aliphatic heterocycles. The van der Waals surface area contributed by atoms with Crippen molar-refractivity contribution < 1.29 is 0 Å². The summed E-state index contributed by atoms with van der Waals surface area (Å²) in [4.78, 5) is 20.4. The maximum atomic E-state index is 5.88. The molecule has 3 heterocycles. The number of halogens is 1. The highest BCUT2D eigenvalue weighted by molar-refractivity contribution is 7.99. The highest BCUT2D eigenvalue weighted by Crippen LogP contribution is 2.21. The number of hydrogen-bond acceptors (Lipinski definition) is 7. The molecule has 0 spiro atoms. The van der Waals surface area contributed by atoms with Crippen LogP contribution in [0.25, 0.3) is 5.95 Å². The maximum absolute atomic E-state index is 5.88. The fourth-order valence-corrected chi connectivity index (χ4v) is 2.13. The molecule has 3 aromatic rings. The van der Waals surface area contributed by atoms with Crippen molar-refractivity contribution in [1.29, 1.82) is 0 Å². The van der Waals surface area contributed by atoms with Crippen molar-refractivity contribution in [2.75, 3.05) is 0 Å². The van der Waals surface area contributed by atoms with Crippen molar-refractivity contribution >= 4 is 23.4 Å². The van der Waals surface area contributed by atoms with E-state index in [9.17, 15) is 0 Å². The Morgan fingerprint density at radius 2 is 1.79 bits per heavy atom. The summed E-state index contributed by atoms with van der Waals surface area (Å²) in [5.74, 6) is 0.350. The van der Waals surface area contributed by atoms with Crippen LogP contribution in [0, 0.1) is 0 Å². The summed E-state index contributed by atoms with van der Waals surface area (Å²) in [6.07, 6.45) is 6.64. The molecule has 0 N–H and O–H groups in total. The molecule has 0 saturated heterocycles. The third-order valence-electron chi connectivity index (χ3n) is 2.01. The average molecular weight is 292 g/mol. The molecular weight excluding hydrogens is 286 g/mol. The largest absolute Gasteiger partial charge is 0.255 e. The number of hydrogen-bond donors (Lipinski definition) is 0. The monoisotopic (exact) mass is 291 g/mol. The first kappa shape index (κ1) is 12.0. The van der Waals surface area contributed by atoms with Crippen molar-refractivity contribution in [3.05, 3.63) is 42.2 Å². The molecule has 0 saturated carbocycles. The van der Waals surface area contributed by atoms with E-state index >= 15 is 0 Å². The minimum absolute atomic E-state index is 0.0962. The van der Waals surface area contributed by atoms with Crippen LogP contribution in [0.4, 0.5) is 0 Å². The Hall–Kier alpha value is -2.06. The molecule has 9 heteroatoms. The van der Waals surface area contributed by atoms with Crippen LogP contribution in [0.1, 0.15) is 0 Å². The lowest BCUT2D eigenvalue weighted by atomic mass is 10.7. The van der Waals surface area contributed by atoms with E-state index in [1.54, 1.807) is 36.9 Å². The summed E-state index contributed by atoms with van der Waals surface area (Å²) in [6, 6.07) is 3.50. The Kier molecular flexibility index (Phi) is 3.34. The quantitative estimate of drug-likeness (QED) is 0.679. The Morgan fingerprint density at radius 1 is 0.947 bits per heavy atom. The zero-order valence-electron chi connectivity index (χ0n) is 9.38. The molecule has 19 heavy (non-hydrogen) atoms. The summed E-state index contributed by atoms with van der Waals surface area (Å²) in [7, 11) is 0. The van der Waals surface area contributed by atoms with Gasteiger partial charge in [-0.2, -0.15) is 20.1 Å². The third-order valence-corrected chi connectivity index (χ3v) is 2.94. The SMILES string of the molecule is Clc1nc(Sc2ncccn2)nc(-n2cccn2)n1. The van der Waals surface area contributed by atoms with Gasteiger partial charge in [0.2, 0.25) is 10.4 Å². The molecule has 0 amide bonds. The standard InChI is InChI=1S/C10H6ClN7S/c11-7-15-8(18-6-2-5-14-18)17-10(16-7)19-9-12-3-1-4-13-9/h1-6H. The smallest absolute Gasteiger partial charge is 0.231 e. The first-order chi connectivity index (χ1) is 9.31. The van der Waals surface area contributed by atoms with E-state index in [2.05, 4.69) is 30.0 Å². The maximum Gasteiger partial charge on any atom is 0.255 e. The second-order valence-corrected chi connectivity index (χ2v) is 4.54. The van der Waals surface area contributed by atoms with Gasteiger partial charge in [-0.05, 0) is 35.5 Å². The highest BCUT2D eigenvalue weighted by Gasteiger charge is 2.09. The second-order valence-electron chi connectivity index (χ2n) is 3.27. The van der Waals surface area contributed by atoms with Gasteiger partial charge in [-0.25, -0.2) is 14.6 Å². The van der Waals surface area contributed by atoms with Crippen LogP contribution >= 0.6 is 23.4 Å². The van der Waals surface area contributed by atoms with Gasteiger partial charge in [0.15, 0.2) is 5.16 Å². The number of rotatable bonds is 3. The normalized spacial score (nSPS) is 10.6. The van der Waals surface area contributed by atoms with Crippen LogP contribution in [0.5, 0.6) is 0 Å². The summed E-state index contributed by atoms with van der Waals surface area (Å²) >= 11 is 7.08.